The molecule has 2 unspecified atom stereocenters. The van der Waals surface area contributed by atoms with Crippen LogP contribution in [0.25, 0.3) is 0 Å². The lowest BCUT2D eigenvalue weighted by Crippen LogP contribution is -2.27. The molecule has 82 valence electrons. The molecule has 15 heavy (non-hydrogen) atoms. The molecule has 0 radical (unpaired) electrons. The molecule has 0 amide bonds. The van der Waals surface area contributed by atoms with Gasteiger partial charge in [-0.3, -0.25) is 4.21 Å². The Morgan fingerprint density at radius 2 is 2.40 bits per heavy atom. The van der Waals surface area contributed by atoms with Gasteiger partial charge in [-0.15, -0.1) is 0 Å². The maximum Gasteiger partial charge on any atom is 0.123 e. The van der Waals surface area contributed by atoms with Crippen LogP contribution in [-0.2, 0) is 10.8 Å². The lowest BCUT2D eigenvalue weighted by molar-refractivity contribution is 0.514. The van der Waals surface area contributed by atoms with Crippen LogP contribution in [-0.4, -0.2) is 16.5 Å². The monoisotopic (exact) mass is 227 g/mol. The third-order valence-electron chi connectivity index (χ3n) is 2.63. The molecule has 0 spiro atoms. The molecule has 1 aliphatic heterocycles. The van der Waals surface area contributed by atoms with Crippen molar-refractivity contribution in [2.75, 3.05) is 12.3 Å². The second-order valence-electron chi connectivity index (χ2n) is 3.63. The van der Waals surface area contributed by atoms with Crippen molar-refractivity contribution >= 4 is 10.8 Å². The van der Waals surface area contributed by atoms with Gasteiger partial charge >= 0.3 is 0 Å². The lowest BCUT2D eigenvalue weighted by Gasteiger charge is -2.25. The van der Waals surface area contributed by atoms with Crippen LogP contribution in [0.1, 0.15) is 24.9 Å². The van der Waals surface area contributed by atoms with E-state index in [0.29, 0.717) is 5.75 Å². The molecule has 1 aromatic carbocycles. The average Bonchev–Trinajstić information content (AvgIpc) is 2.22. The highest BCUT2D eigenvalue weighted by Crippen LogP contribution is 2.30. The smallest absolute Gasteiger partial charge is 0.123 e. The van der Waals surface area contributed by atoms with Gasteiger partial charge in [0.15, 0.2) is 0 Å². The summed E-state index contributed by atoms with van der Waals surface area (Å²) in [7, 11) is -0.954. The molecule has 0 saturated heterocycles. The van der Waals surface area contributed by atoms with Crippen LogP contribution in [0, 0.1) is 5.82 Å². The summed E-state index contributed by atoms with van der Waals surface area (Å²) in [6.45, 7) is 2.86. The predicted octanol–water partition coefficient (Wildman–Crippen LogP) is 1.99. The van der Waals surface area contributed by atoms with Crippen molar-refractivity contribution in [3.05, 3.63) is 29.6 Å². The Morgan fingerprint density at radius 3 is 3.13 bits per heavy atom. The van der Waals surface area contributed by atoms with Gasteiger partial charge in [0.2, 0.25) is 0 Å². The first-order chi connectivity index (χ1) is 7.22. The fourth-order valence-corrected chi connectivity index (χ4v) is 3.30. The third-order valence-corrected chi connectivity index (χ3v) is 4.10. The van der Waals surface area contributed by atoms with Gasteiger partial charge in [-0.05, 0) is 36.7 Å². The van der Waals surface area contributed by atoms with Gasteiger partial charge in [0.25, 0.3) is 0 Å². The van der Waals surface area contributed by atoms with Crippen LogP contribution < -0.4 is 5.32 Å². The Morgan fingerprint density at radius 1 is 1.60 bits per heavy atom. The molecular formula is C11H14FNOS. The van der Waals surface area contributed by atoms with E-state index < -0.39 is 10.8 Å². The van der Waals surface area contributed by atoms with Crippen LogP contribution in [0.2, 0.25) is 0 Å². The number of hydrogen-bond donors (Lipinski definition) is 1. The molecule has 2 rings (SSSR count). The number of fused-ring (bicyclic) bond motifs is 1. The Labute approximate surface area is 91.3 Å². The maximum absolute atomic E-state index is 13.1. The zero-order valence-corrected chi connectivity index (χ0v) is 9.44. The Kier molecular flexibility index (Phi) is 3.17. The van der Waals surface area contributed by atoms with E-state index in [1.54, 1.807) is 6.07 Å². The van der Waals surface area contributed by atoms with E-state index in [1.165, 1.54) is 12.1 Å². The van der Waals surface area contributed by atoms with Gasteiger partial charge in [0.1, 0.15) is 5.82 Å². The molecule has 0 aromatic heterocycles. The van der Waals surface area contributed by atoms with Crippen LogP contribution in [0.5, 0.6) is 0 Å². The summed E-state index contributed by atoms with van der Waals surface area (Å²) in [5.41, 5.74) is 0.862. The molecule has 1 N–H and O–H groups in total. The van der Waals surface area contributed by atoms with Gasteiger partial charge < -0.3 is 5.32 Å². The fraction of sp³-hybridized carbons (Fsp3) is 0.455. The van der Waals surface area contributed by atoms with Gasteiger partial charge in [0.05, 0.1) is 10.8 Å². The zero-order valence-electron chi connectivity index (χ0n) is 8.63. The van der Waals surface area contributed by atoms with E-state index in [0.717, 1.165) is 23.4 Å². The SMILES string of the molecule is CCNC1CCS(=O)c2ccc(F)cc21. The standard InChI is InChI=1S/C11H14FNOS/c1-2-13-10-5-6-15(14)11-4-3-8(12)7-9(10)11/h3-4,7,10,13H,2,5-6H2,1H3. The van der Waals surface area contributed by atoms with E-state index in [9.17, 15) is 8.60 Å². The molecule has 1 heterocycles. The Hall–Kier alpha value is -0.740. The number of hydrogen-bond acceptors (Lipinski definition) is 2. The largest absolute Gasteiger partial charge is 0.310 e. The molecule has 0 aliphatic carbocycles. The highest BCUT2D eigenvalue weighted by Gasteiger charge is 2.24. The molecule has 0 fully saturated rings. The summed E-state index contributed by atoms with van der Waals surface area (Å²) >= 11 is 0. The van der Waals surface area contributed by atoms with Crippen LogP contribution in [0.15, 0.2) is 23.1 Å². The fourth-order valence-electron chi connectivity index (χ4n) is 1.95. The minimum Gasteiger partial charge on any atom is -0.310 e. The van der Waals surface area contributed by atoms with Crippen LogP contribution >= 0.6 is 0 Å². The number of rotatable bonds is 2. The molecule has 1 aliphatic rings. The normalized spacial score (nSPS) is 24.9. The molecular weight excluding hydrogens is 213 g/mol. The molecule has 0 bridgehead atoms. The van der Waals surface area contributed by atoms with Crippen molar-refractivity contribution in [2.24, 2.45) is 0 Å². The average molecular weight is 227 g/mol. The van der Waals surface area contributed by atoms with Gasteiger partial charge in [0, 0.05) is 16.7 Å². The molecule has 4 heteroatoms. The van der Waals surface area contributed by atoms with Gasteiger partial charge in [-0.25, -0.2) is 4.39 Å². The minimum atomic E-state index is -0.954. The lowest BCUT2D eigenvalue weighted by atomic mass is 10.0. The first-order valence-corrected chi connectivity index (χ1v) is 6.45. The van der Waals surface area contributed by atoms with Crippen molar-refractivity contribution in [3.8, 4) is 0 Å². The van der Waals surface area contributed by atoms with Crippen molar-refractivity contribution < 1.29 is 8.60 Å². The Bertz CT molecular complexity index is 394. The molecule has 1 aromatic rings. The highest BCUT2D eigenvalue weighted by atomic mass is 32.2. The summed E-state index contributed by atoms with van der Waals surface area (Å²) < 4.78 is 24.8. The molecule has 0 saturated carbocycles. The summed E-state index contributed by atoms with van der Waals surface area (Å²) in [5, 5.41) is 3.29. The molecule has 2 atom stereocenters. The summed E-state index contributed by atoms with van der Waals surface area (Å²) in [4.78, 5) is 0.786. The van der Waals surface area contributed by atoms with Crippen LogP contribution in [0.4, 0.5) is 4.39 Å². The quantitative estimate of drug-likeness (QED) is 0.837. The maximum atomic E-state index is 13.1. The minimum absolute atomic E-state index is 0.151. The highest BCUT2D eigenvalue weighted by molar-refractivity contribution is 7.85. The zero-order chi connectivity index (χ0) is 10.8. The number of benzene rings is 1. The van der Waals surface area contributed by atoms with Gasteiger partial charge in [-0.1, -0.05) is 6.92 Å². The van der Waals surface area contributed by atoms with Crippen molar-refractivity contribution in [3.63, 3.8) is 0 Å². The number of halogens is 1. The third kappa shape index (κ3) is 2.11. The van der Waals surface area contributed by atoms with E-state index >= 15 is 0 Å². The van der Waals surface area contributed by atoms with Crippen molar-refractivity contribution in [1.29, 1.82) is 0 Å². The molecule has 2 nitrogen and oxygen atoms in total. The number of nitrogens with one attached hydrogen (secondary N) is 1. The van der Waals surface area contributed by atoms with Gasteiger partial charge in [-0.2, -0.15) is 0 Å². The topological polar surface area (TPSA) is 29.1 Å². The van der Waals surface area contributed by atoms with E-state index in [4.69, 9.17) is 0 Å². The van der Waals surface area contributed by atoms with E-state index in [1.807, 2.05) is 6.92 Å². The Balaban J connectivity index is 2.42. The van der Waals surface area contributed by atoms with E-state index in [2.05, 4.69) is 5.32 Å². The van der Waals surface area contributed by atoms with Crippen molar-refractivity contribution in [1.82, 2.24) is 5.32 Å². The first-order valence-electron chi connectivity index (χ1n) is 5.13. The van der Waals surface area contributed by atoms with Crippen LogP contribution in [0.3, 0.4) is 0 Å². The predicted molar refractivity (Wildman–Crippen MR) is 58.7 cm³/mol. The second-order valence-corrected chi connectivity index (χ2v) is 5.17. The van der Waals surface area contributed by atoms with Crippen molar-refractivity contribution in [2.45, 2.75) is 24.3 Å². The summed E-state index contributed by atoms with van der Waals surface area (Å²) in [6.07, 6.45) is 0.816. The summed E-state index contributed by atoms with van der Waals surface area (Å²) in [5.74, 6) is 0.409. The summed E-state index contributed by atoms with van der Waals surface area (Å²) in [6, 6.07) is 4.67. The second kappa shape index (κ2) is 4.41. The van der Waals surface area contributed by atoms with E-state index in [-0.39, 0.29) is 11.9 Å². The first kappa shape index (κ1) is 10.8.